The lowest BCUT2D eigenvalue weighted by atomic mass is 10.1. The molecule has 1 rings (SSSR count). The number of rotatable bonds is 2. The highest BCUT2D eigenvalue weighted by Gasteiger charge is 2.07. The third-order valence-corrected chi connectivity index (χ3v) is 1.64. The fraction of sp³-hybridized carbons (Fsp3) is 0.111. The number of aldehydes is 1. The fourth-order valence-corrected chi connectivity index (χ4v) is 0.915. The summed E-state index contributed by atoms with van der Waals surface area (Å²) in [6, 6.07) is 0. The van der Waals surface area contributed by atoms with Gasteiger partial charge in [0, 0.05) is 11.8 Å². The van der Waals surface area contributed by atoms with Crippen LogP contribution in [0.2, 0.25) is 0 Å². The maximum atomic E-state index is 10.5. The van der Waals surface area contributed by atoms with E-state index in [1.807, 2.05) is 0 Å². The van der Waals surface area contributed by atoms with Gasteiger partial charge in [-0.25, -0.2) is 0 Å². The lowest BCUT2D eigenvalue weighted by Gasteiger charge is -2.03. The van der Waals surface area contributed by atoms with E-state index in [0.717, 1.165) is 0 Å². The van der Waals surface area contributed by atoms with E-state index in [1.165, 1.54) is 12.3 Å². The summed E-state index contributed by atoms with van der Waals surface area (Å²) in [5, 5.41) is 9.37. The Kier molecular flexibility index (Phi) is 2.24. The molecule has 0 fully saturated rings. The van der Waals surface area contributed by atoms with Crippen LogP contribution in [0.25, 0.3) is 6.08 Å². The van der Waals surface area contributed by atoms with E-state index >= 15 is 0 Å². The topological polar surface area (TPSA) is 50.2 Å². The summed E-state index contributed by atoms with van der Waals surface area (Å²) in [4.78, 5) is 14.4. The Hall–Kier alpha value is -1.64. The van der Waals surface area contributed by atoms with Gasteiger partial charge in [0.1, 0.15) is 5.75 Å². The first kappa shape index (κ1) is 8.46. The molecule has 0 bridgehead atoms. The number of hydrogen-bond donors (Lipinski definition) is 1. The van der Waals surface area contributed by atoms with Crippen molar-refractivity contribution >= 4 is 12.4 Å². The predicted molar refractivity (Wildman–Crippen MR) is 46.1 cm³/mol. The number of aromatic nitrogens is 1. The summed E-state index contributed by atoms with van der Waals surface area (Å²) in [6.07, 6.45) is 3.59. The highest BCUT2D eigenvalue weighted by molar-refractivity contribution is 5.85. The molecule has 0 atom stereocenters. The molecule has 0 saturated heterocycles. The molecule has 0 aliphatic carbocycles. The highest BCUT2D eigenvalue weighted by atomic mass is 16.3. The molecule has 3 nitrogen and oxygen atoms in total. The minimum Gasteiger partial charge on any atom is -0.505 e. The van der Waals surface area contributed by atoms with Gasteiger partial charge in [0.2, 0.25) is 0 Å². The Balaban J connectivity index is 3.45. The highest BCUT2D eigenvalue weighted by Crippen LogP contribution is 2.21. The van der Waals surface area contributed by atoms with Crippen LogP contribution in [0, 0.1) is 6.92 Å². The third-order valence-electron chi connectivity index (χ3n) is 1.64. The summed E-state index contributed by atoms with van der Waals surface area (Å²) in [5.74, 6) is -0.0672. The van der Waals surface area contributed by atoms with Gasteiger partial charge >= 0.3 is 0 Å². The SMILES string of the molecule is C=Cc1cnc(C)c(O)c1C=O. The average molecular weight is 163 g/mol. The zero-order valence-electron chi connectivity index (χ0n) is 6.74. The second-order valence-electron chi connectivity index (χ2n) is 2.38. The largest absolute Gasteiger partial charge is 0.505 e. The number of hydrogen-bond acceptors (Lipinski definition) is 3. The van der Waals surface area contributed by atoms with Crippen molar-refractivity contribution in [3.63, 3.8) is 0 Å². The predicted octanol–water partition coefficient (Wildman–Crippen LogP) is 1.55. The standard InChI is InChI=1S/C9H9NO2/c1-3-7-4-10-6(2)9(12)8(7)5-11/h3-5,12H,1H2,2H3. The number of aromatic hydroxyl groups is 1. The van der Waals surface area contributed by atoms with Crippen LogP contribution in [0.3, 0.4) is 0 Å². The number of nitrogens with zero attached hydrogens (tertiary/aromatic N) is 1. The van der Waals surface area contributed by atoms with Crippen LogP contribution in [0.1, 0.15) is 21.6 Å². The van der Waals surface area contributed by atoms with Gasteiger partial charge in [0.05, 0.1) is 11.3 Å². The molecule has 1 heterocycles. The summed E-state index contributed by atoms with van der Waals surface area (Å²) < 4.78 is 0. The summed E-state index contributed by atoms with van der Waals surface area (Å²) in [5.41, 5.74) is 1.24. The van der Waals surface area contributed by atoms with Crippen LogP contribution in [0.15, 0.2) is 12.8 Å². The Labute approximate surface area is 70.4 Å². The minimum atomic E-state index is -0.0672. The second kappa shape index (κ2) is 3.17. The molecule has 1 aromatic rings. The zero-order chi connectivity index (χ0) is 9.14. The lowest BCUT2D eigenvalue weighted by molar-refractivity contribution is 0.112. The maximum absolute atomic E-state index is 10.5. The van der Waals surface area contributed by atoms with E-state index in [2.05, 4.69) is 11.6 Å². The third kappa shape index (κ3) is 1.21. The van der Waals surface area contributed by atoms with Gasteiger partial charge in [-0.15, -0.1) is 0 Å². The molecule has 0 aliphatic rings. The smallest absolute Gasteiger partial charge is 0.154 e. The summed E-state index contributed by atoms with van der Waals surface area (Å²) in [6.45, 7) is 5.13. The molecular weight excluding hydrogens is 154 g/mol. The van der Waals surface area contributed by atoms with Crippen molar-refractivity contribution in [2.24, 2.45) is 0 Å². The second-order valence-corrected chi connectivity index (χ2v) is 2.38. The van der Waals surface area contributed by atoms with Gasteiger partial charge in [-0.05, 0) is 6.92 Å². The van der Waals surface area contributed by atoms with E-state index < -0.39 is 0 Å². The fourth-order valence-electron chi connectivity index (χ4n) is 0.915. The van der Waals surface area contributed by atoms with Crippen molar-refractivity contribution < 1.29 is 9.90 Å². The molecule has 0 radical (unpaired) electrons. The van der Waals surface area contributed by atoms with Crippen molar-refractivity contribution in [3.05, 3.63) is 29.6 Å². The maximum Gasteiger partial charge on any atom is 0.154 e. The van der Waals surface area contributed by atoms with E-state index in [-0.39, 0.29) is 11.3 Å². The van der Waals surface area contributed by atoms with E-state index in [4.69, 9.17) is 0 Å². The van der Waals surface area contributed by atoms with Gasteiger partial charge in [0.25, 0.3) is 0 Å². The normalized spacial score (nSPS) is 9.42. The Morgan fingerprint density at radius 3 is 2.83 bits per heavy atom. The molecule has 62 valence electrons. The van der Waals surface area contributed by atoms with Gasteiger partial charge in [-0.2, -0.15) is 0 Å². The minimum absolute atomic E-state index is 0.0672. The zero-order valence-corrected chi connectivity index (χ0v) is 6.74. The van der Waals surface area contributed by atoms with Crippen molar-refractivity contribution in [3.8, 4) is 5.75 Å². The Bertz CT molecular complexity index is 332. The molecule has 0 aliphatic heterocycles. The first-order chi connectivity index (χ1) is 5.70. The van der Waals surface area contributed by atoms with Gasteiger partial charge in [0.15, 0.2) is 6.29 Å². The number of pyridine rings is 1. The molecule has 1 N–H and O–H groups in total. The molecule has 0 amide bonds. The molecule has 0 saturated carbocycles. The summed E-state index contributed by atoms with van der Waals surface area (Å²) in [7, 11) is 0. The van der Waals surface area contributed by atoms with Crippen LogP contribution < -0.4 is 0 Å². The number of carbonyl (C=O) groups is 1. The first-order valence-electron chi connectivity index (χ1n) is 3.47. The van der Waals surface area contributed by atoms with Crippen molar-refractivity contribution in [2.75, 3.05) is 0 Å². The van der Waals surface area contributed by atoms with E-state index in [1.54, 1.807) is 6.92 Å². The van der Waals surface area contributed by atoms with Gasteiger partial charge in [-0.3, -0.25) is 9.78 Å². The van der Waals surface area contributed by atoms with Crippen molar-refractivity contribution in [1.82, 2.24) is 4.98 Å². The monoisotopic (exact) mass is 163 g/mol. The number of carbonyl (C=O) groups excluding carboxylic acids is 1. The van der Waals surface area contributed by atoms with Crippen molar-refractivity contribution in [1.29, 1.82) is 0 Å². The summed E-state index contributed by atoms with van der Waals surface area (Å²) >= 11 is 0. The van der Waals surface area contributed by atoms with Crippen LogP contribution in [0.5, 0.6) is 5.75 Å². The average Bonchev–Trinajstić information content (AvgIpc) is 2.09. The molecular formula is C9H9NO2. The van der Waals surface area contributed by atoms with E-state index in [9.17, 15) is 9.90 Å². The Morgan fingerprint density at radius 1 is 1.67 bits per heavy atom. The number of aryl methyl sites for hydroxylation is 1. The van der Waals surface area contributed by atoms with Gasteiger partial charge < -0.3 is 5.11 Å². The van der Waals surface area contributed by atoms with Crippen LogP contribution in [-0.4, -0.2) is 16.4 Å². The molecule has 0 unspecified atom stereocenters. The lowest BCUT2D eigenvalue weighted by Crippen LogP contribution is -1.92. The first-order valence-corrected chi connectivity index (χ1v) is 3.47. The molecule has 1 aromatic heterocycles. The molecule has 0 aromatic carbocycles. The van der Waals surface area contributed by atoms with Crippen molar-refractivity contribution in [2.45, 2.75) is 6.92 Å². The quantitative estimate of drug-likeness (QED) is 0.673. The van der Waals surface area contributed by atoms with Crippen LogP contribution in [-0.2, 0) is 0 Å². The molecule has 12 heavy (non-hydrogen) atoms. The van der Waals surface area contributed by atoms with Gasteiger partial charge in [-0.1, -0.05) is 12.7 Å². The van der Waals surface area contributed by atoms with Crippen LogP contribution >= 0.6 is 0 Å². The Morgan fingerprint density at radius 2 is 2.33 bits per heavy atom. The van der Waals surface area contributed by atoms with Crippen LogP contribution in [0.4, 0.5) is 0 Å². The molecule has 3 heteroatoms. The molecule has 0 spiro atoms. The van der Waals surface area contributed by atoms with E-state index in [0.29, 0.717) is 17.5 Å².